The Balaban J connectivity index is 0.851. The molecule has 12 nitrogen and oxygen atoms in total. The summed E-state index contributed by atoms with van der Waals surface area (Å²) in [5, 5.41) is 7.50. The van der Waals surface area contributed by atoms with Gasteiger partial charge in [0.1, 0.15) is 29.2 Å². The number of hydrogen-bond acceptors (Lipinski definition) is 9. The van der Waals surface area contributed by atoms with Crippen LogP contribution in [-0.2, 0) is 20.8 Å². The first-order valence-electron chi connectivity index (χ1n) is 20.9. The molecule has 0 spiro atoms. The Morgan fingerprint density at radius 3 is 2.52 bits per heavy atom. The number of nitrogens with one attached hydrogen (secondary N) is 1. The molecule has 2 unspecified atom stereocenters. The topological polar surface area (TPSA) is 119 Å². The maximum Gasteiger partial charge on any atom is 0.249 e. The number of imidazole rings is 1. The molecule has 3 aromatic heterocycles. The van der Waals surface area contributed by atoms with Gasteiger partial charge in [-0.05, 0) is 117 Å². The number of rotatable bonds is 10. The molecule has 9 rings (SSSR count). The second kappa shape index (κ2) is 16.3. The van der Waals surface area contributed by atoms with Crippen LogP contribution in [0.1, 0.15) is 86.9 Å². The zero-order valence-corrected chi connectivity index (χ0v) is 33.0. The fraction of sp³-hybridized carbons (Fsp3) is 0.422. The normalized spacial score (nSPS) is 21.7. The molecule has 13 heteroatoms. The number of imide groups is 1. The zero-order valence-electron chi connectivity index (χ0n) is 33.0. The van der Waals surface area contributed by atoms with E-state index in [4.69, 9.17) is 10.1 Å². The van der Waals surface area contributed by atoms with E-state index in [1.165, 1.54) is 17.2 Å². The minimum Gasteiger partial charge on any atom is -0.354 e. The number of fused-ring (bicyclic) bond motifs is 2. The van der Waals surface area contributed by atoms with E-state index in [-0.39, 0.29) is 41.9 Å². The highest BCUT2D eigenvalue weighted by Gasteiger charge is 2.39. The number of halogens is 1. The number of nitrogens with zero attached hydrogens (tertiary/aromatic N) is 8. The molecular weight excluding hydrogens is 734 g/mol. The van der Waals surface area contributed by atoms with Crippen molar-refractivity contribution in [2.45, 2.75) is 82.7 Å². The highest BCUT2D eigenvalue weighted by Crippen LogP contribution is 2.41. The lowest BCUT2D eigenvalue weighted by Gasteiger charge is -2.35. The Morgan fingerprint density at radius 1 is 0.845 bits per heavy atom. The van der Waals surface area contributed by atoms with Crippen molar-refractivity contribution in [3.8, 4) is 11.4 Å². The third kappa shape index (κ3) is 7.43. The van der Waals surface area contributed by atoms with Crippen molar-refractivity contribution in [2.75, 3.05) is 54.0 Å². The first-order chi connectivity index (χ1) is 28.3. The Labute approximate surface area is 338 Å². The summed E-state index contributed by atoms with van der Waals surface area (Å²) in [5.41, 5.74) is 6.63. The van der Waals surface area contributed by atoms with Crippen LogP contribution in [0.25, 0.3) is 17.0 Å². The zero-order chi connectivity index (χ0) is 39.8. The summed E-state index contributed by atoms with van der Waals surface area (Å²) >= 11 is 0. The van der Waals surface area contributed by atoms with E-state index in [1.807, 2.05) is 47.1 Å². The van der Waals surface area contributed by atoms with Crippen molar-refractivity contribution in [3.05, 3.63) is 102 Å². The van der Waals surface area contributed by atoms with Crippen molar-refractivity contribution in [1.29, 1.82) is 0 Å². The SMILES string of the molecule is CCC1CCC(=O)N(C2CCC(=O)NC2=O)c2cccc(CCCN3CCN(c4cccc(-c5cnc6ccc(N7CCC[C@@H]7c7cccc(F)c7)nn56)n4)CC3)c21. The standard InChI is InChI=1S/C45H50FN9O3/c1-2-30-16-21-43(57)54(37-17-20-42(56)49-45(37)58)36-13-4-8-31(44(30)36)10-6-22-51-24-26-52(27-25-51)40-15-5-12-34(48-40)38-29-47-39-18-19-41(50-55(38)39)53-23-7-14-35(53)32-9-3-11-33(46)28-32/h3-5,8-9,11-13,15,18-19,28-30,35,37H,2,6-7,10,14,16-17,20-27H2,1H3,(H,49,56,58)/t30?,35-,37?/m1/s1. The fourth-order valence-electron chi connectivity index (χ4n) is 9.60. The number of benzene rings is 2. The average molecular weight is 784 g/mol. The van der Waals surface area contributed by atoms with Gasteiger partial charge in [-0.25, -0.2) is 18.9 Å². The number of anilines is 3. The first-order valence-corrected chi connectivity index (χ1v) is 20.9. The molecule has 2 aromatic carbocycles. The van der Waals surface area contributed by atoms with Crippen LogP contribution in [0.5, 0.6) is 0 Å². The molecule has 0 aliphatic carbocycles. The first kappa shape index (κ1) is 37.9. The molecule has 300 valence electrons. The Kier molecular flexibility index (Phi) is 10.6. The van der Waals surface area contributed by atoms with Gasteiger partial charge in [0.2, 0.25) is 17.7 Å². The van der Waals surface area contributed by atoms with Gasteiger partial charge in [-0.3, -0.25) is 29.5 Å². The molecule has 4 aliphatic rings. The third-order valence-corrected chi connectivity index (χ3v) is 12.6. The summed E-state index contributed by atoms with van der Waals surface area (Å²) in [6, 6.07) is 22.6. The number of aromatic nitrogens is 4. The van der Waals surface area contributed by atoms with Crippen LogP contribution in [0.3, 0.4) is 0 Å². The molecule has 3 fully saturated rings. The summed E-state index contributed by atoms with van der Waals surface area (Å²) < 4.78 is 16.0. The predicted octanol–water partition coefficient (Wildman–Crippen LogP) is 6.45. The molecule has 0 bridgehead atoms. The molecule has 3 atom stereocenters. The lowest BCUT2D eigenvalue weighted by molar-refractivity contribution is -0.135. The van der Waals surface area contributed by atoms with Crippen LogP contribution in [0.15, 0.2) is 79.0 Å². The van der Waals surface area contributed by atoms with Crippen LogP contribution >= 0.6 is 0 Å². The molecule has 3 amide bonds. The van der Waals surface area contributed by atoms with Gasteiger partial charge >= 0.3 is 0 Å². The second-order valence-corrected chi connectivity index (χ2v) is 16.0. The van der Waals surface area contributed by atoms with Gasteiger partial charge in [0.25, 0.3) is 0 Å². The molecule has 7 heterocycles. The maximum atomic E-state index is 14.1. The lowest BCUT2D eigenvalue weighted by atomic mass is 9.86. The van der Waals surface area contributed by atoms with Gasteiger partial charge in [0.15, 0.2) is 5.65 Å². The largest absolute Gasteiger partial charge is 0.354 e. The Hall–Kier alpha value is -5.69. The molecule has 3 saturated heterocycles. The van der Waals surface area contributed by atoms with Crippen LogP contribution in [0, 0.1) is 5.82 Å². The number of hydrogen-bond donors (Lipinski definition) is 1. The van der Waals surface area contributed by atoms with Crippen LogP contribution in [0.4, 0.5) is 21.7 Å². The highest BCUT2D eigenvalue weighted by atomic mass is 19.1. The minimum atomic E-state index is -0.660. The van der Waals surface area contributed by atoms with E-state index >= 15 is 0 Å². The number of carbonyl (C=O) groups excluding carboxylic acids is 3. The van der Waals surface area contributed by atoms with Gasteiger partial charge in [-0.1, -0.05) is 37.3 Å². The average Bonchev–Trinajstić information content (AvgIpc) is 3.88. The van der Waals surface area contributed by atoms with E-state index in [0.717, 1.165) is 118 Å². The van der Waals surface area contributed by atoms with Crippen molar-refractivity contribution >= 4 is 40.7 Å². The van der Waals surface area contributed by atoms with Crippen molar-refractivity contribution in [1.82, 2.24) is 29.8 Å². The van der Waals surface area contributed by atoms with E-state index in [1.54, 1.807) is 17.0 Å². The summed E-state index contributed by atoms with van der Waals surface area (Å²) in [6.45, 7) is 7.57. The second-order valence-electron chi connectivity index (χ2n) is 16.0. The summed E-state index contributed by atoms with van der Waals surface area (Å²) in [4.78, 5) is 56.9. The predicted molar refractivity (Wildman–Crippen MR) is 221 cm³/mol. The highest BCUT2D eigenvalue weighted by molar-refractivity contribution is 6.07. The van der Waals surface area contributed by atoms with E-state index in [9.17, 15) is 18.8 Å². The number of pyridine rings is 1. The number of amides is 3. The lowest BCUT2D eigenvalue weighted by Crippen LogP contribution is -2.54. The maximum absolute atomic E-state index is 14.1. The van der Waals surface area contributed by atoms with Crippen LogP contribution < -0.4 is 20.0 Å². The van der Waals surface area contributed by atoms with Crippen molar-refractivity contribution < 1.29 is 18.8 Å². The number of piperidine rings is 1. The molecular formula is C45H50FN9O3. The molecule has 1 N–H and O–H groups in total. The van der Waals surface area contributed by atoms with Gasteiger partial charge in [-0.2, -0.15) is 0 Å². The van der Waals surface area contributed by atoms with Gasteiger partial charge < -0.3 is 9.80 Å². The molecule has 58 heavy (non-hydrogen) atoms. The number of piperazine rings is 1. The molecule has 0 saturated carbocycles. The van der Waals surface area contributed by atoms with E-state index in [2.05, 4.69) is 50.1 Å². The van der Waals surface area contributed by atoms with Gasteiger partial charge in [0.05, 0.1) is 17.9 Å². The number of carbonyl (C=O) groups is 3. The number of aryl methyl sites for hydroxylation is 1. The Bertz CT molecular complexity index is 2340. The van der Waals surface area contributed by atoms with Gasteiger partial charge in [-0.15, -0.1) is 5.10 Å². The smallest absolute Gasteiger partial charge is 0.249 e. The van der Waals surface area contributed by atoms with Crippen LogP contribution in [0.2, 0.25) is 0 Å². The molecule has 5 aromatic rings. The third-order valence-electron chi connectivity index (χ3n) is 12.6. The van der Waals surface area contributed by atoms with E-state index in [0.29, 0.717) is 12.8 Å². The Morgan fingerprint density at radius 2 is 1.69 bits per heavy atom. The summed E-state index contributed by atoms with van der Waals surface area (Å²) in [6.07, 6.45) is 8.32. The fourth-order valence-corrected chi connectivity index (χ4v) is 9.60. The minimum absolute atomic E-state index is 0.0412. The van der Waals surface area contributed by atoms with Crippen molar-refractivity contribution in [3.63, 3.8) is 0 Å². The molecule has 4 aliphatic heterocycles. The quantitative estimate of drug-likeness (QED) is 0.160. The van der Waals surface area contributed by atoms with E-state index < -0.39 is 6.04 Å². The monoisotopic (exact) mass is 783 g/mol. The van der Waals surface area contributed by atoms with Crippen LogP contribution in [-0.4, -0.2) is 87.5 Å². The van der Waals surface area contributed by atoms with Crippen molar-refractivity contribution in [2.24, 2.45) is 0 Å². The van der Waals surface area contributed by atoms with Gasteiger partial charge in [0, 0.05) is 51.3 Å². The summed E-state index contributed by atoms with van der Waals surface area (Å²) in [7, 11) is 0. The summed E-state index contributed by atoms with van der Waals surface area (Å²) in [5.74, 6) is 1.09. The molecule has 0 radical (unpaired) electrons.